The molecule has 140 valence electrons. The van der Waals surface area contributed by atoms with Crippen LogP contribution in [-0.4, -0.2) is 37.4 Å². The van der Waals surface area contributed by atoms with E-state index < -0.39 is 0 Å². The van der Waals surface area contributed by atoms with Crippen LogP contribution in [0.1, 0.15) is 51.6 Å². The summed E-state index contributed by atoms with van der Waals surface area (Å²) in [5, 5.41) is 6.95. The minimum Gasteiger partial charge on any atom is -0.487 e. The van der Waals surface area contributed by atoms with Gasteiger partial charge in [0.2, 0.25) is 0 Å². The number of nitrogens with one attached hydrogen (secondary N) is 2. The Balaban J connectivity index is 0.00000225. The van der Waals surface area contributed by atoms with Crippen molar-refractivity contribution in [2.24, 2.45) is 4.99 Å². The number of aliphatic imine (C=N–C) groups is 1. The molecule has 25 heavy (non-hydrogen) atoms. The molecule has 0 aromatic heterocycles. The van der Waals surface area contributed by atoms with Crippen molar-refractivity contribution < 1.29 is 9.47 Å². The molecule has 2 N–H and O–H groups in total. The zero-order valence-corrected chi connectivity index (χ0v) is 17.7. The number of fused-ring (bicyclic) bond motifs is 1. The molecule has 2 atom stereocenters. The molecule has 1 aromatic rings. The number of rotatable bonds is 4. The fourth-order valence-corrected chi connectivity index (χ4v) is 3.40. The second kappa shape index (κ2) is 9.07. The van der Waals surface area contributed by atoms with Crippen LogP contribution in [0.5, 0.6) is 5.75 Å². The van der Waals surface area contributed by atoms with Crippen LogP contribution in [0.25, 0.3) is 0 Å². The van der Waals surface area contributed by atoms with E-state index in [1.807, 2.05) is 12.1 Å². The second-order valence-electron chi connectivity index (χ2n) is 7.16. The highest BCUT2D eigenvalue weighted by Gasteiger charge is 2.34. The molecule has 0 spiro atoms. The van der Waals surface area contributed by atoms with Crippen LogP contribution < -0.4 is 15.4 Å². The van der Waals surface area contributed by atoms with E-state index in [1.54, 1.807) is 0 Å². The smallest absolute Gasteiger partial charge is 0.191 e. The van der Waals surface area contributed by atoms with E-state index in [4.69, 9.17) is 14.5 Å². The Morgan fingerprint density at radius 2 is 2.12 bits per heavy atom. The van der Waals surface area contributed by atoms with Crippen LogP contribution in [0.4, 0.5) is 0 Å². The second-order valence-corrected chi connectivity index (χ2v) is 7.16. The number of ether oxygens (including phenoxy) is 2. The van der Waals surface area contributed by atoms with Crippen LogP contribution in [0.15, 0.2) is 29.3 Å². The van der Waals surface area contributed by atoms with Crippen molar-refractivity contribution in [3.05, 3.63) is 29.8 Å². The molecule has 2 unspecified atom stereocenters. The molecule has 2 heterocycles. The van der Waals surface area contributed by atoms with E-state index in [0.717, 1.165) is 44.1 Å². The van der Waals surface area contributed by atoms with Gasteiger partial charge in [-0.15, -0.1) is 24.0 Å². The Morgan fingerprint density at radius 3 is 2.84 bits per heavy atom. The number of hydrogen-bond donors (Lipinski definition) is 2. The van der Waals surface area contributed by atoms with E-state index in [-0.39, 0.29) is 41.7 Å². The first-order valence-electron chi connectivity index (χ1n) is 9.02. The lowest BCUT2D eigenvalue weighted by atomic mass is 9.90. The molecule has 0 bridgehead atoms. The summed E-state index contributed by atoms with van der Waals surface area (Å²) >= 11 is 0. The summed E-state index contributed by atoms with van der Waals surface area (Å²) < 4.78 is 11.8. The summed E-state index contributed by atoms with van der Waals surface area (Å²) in [6.45, 7) is 8.77. The first kappa shape index (κ1) is 20.3. The van der Waals surface area contributed by atoms with Crippen LogP contribution in [0, 0.1) is 0 Å². The number of benzene rings is 1. The van der Waals surface area contributed by atoms with Gasteiger partial charge in [0.05, 0.1) is 18.7 Å². The van der Waals surface area contributed by atoms with Crippen molar-refractivity contribution >= 4 is 29.9 Å². The van der Waals surface area contributed by atoms with Crippen molar-refractivity contribution in [1.82, 2.24) is 10.6 Å². The molecule has 0 saturated carbocycles. The van der Waals surface area contributed by atoms with E-state index >= 15 is 0 Å². The Bertz CT molecular complexity index is 586. The fraction of sp³-hybridized carbons (Fsp3) is 0.632. The van der Waals surface area contributed by atoms with Crippen molar-refractivity contribution in [1.29, 1.82) is 0 Å². The summed E-state index contributed by atoms with van der Waals surface area (Å²) in [4.78, 5) is 4.74. The molecule has 0 aliphatic carbocycles. The van der Waals surface area contributed by atoms with Crippen LogP contribution in [0.2, 0.25) is 0 Å². The van der Waals surface area contributed by atoms with E-state index in [0.29, 0.717) is 6.54 Å². The van der Waals surface area contributed by atoms with Gasteiger partial charge in [-0.2, -0.15) is 0 Å². The molecule has 6 heteroatoms. The molecule has 1 fully saturated rings. The highest BCUT2D eigenvalue weighted by molar-refractivity contribution is 14.0. The SMILES string of the molecule is CCNC(=NCC1CCCO1)NC1CC(C)(C)Oc2ccccc21.I. The first-order chi connectivity index (χ1) is 11.6. The van der Waals surface area contributed by atoms with E-state index in [1.165, 1.54) is 5.56 Å². The highest BCUT2D eigenvalue weighted by Crippen LogP contribution is 2.39. The molecule has 2 aliphatic heterocycles. The van der Waals surface area contributed by atoms with Crippen molar-refractivity contribution in [3.63, 3.8) is 0 Å². The highest BCUT2D eigenvalue weighted by atomic mass is 127. The largest absolute Gasteiger partial charge is 0.487 e. The molecule has 2 aliphatic rings. The van der Waals surface area contributed by atoms with E-state index in [9.17, 15) is 0 Å². The maximum absolute atomic E-state index is 6.11. The van der Waals surface area contributed by atoms with Crippen molar-refractivity contribution in [2.45, 2.75) is 57.8 Å². The minimum absolute atomic E-state index is 0. The third-order valence-corrected chi connectivity index (χ3v) is 4.51. The van der Waals surface area contributed by atoms with Gasteiger partial charge < -0.3 is 20.1 Å². The summed E-state index contributed by atoms with van der Waals surface area (Å²) in [7, 11) is 0. The van der Waals surface area contributed by atoms with Gasteiger partial charge in [0.15, 0.2) is 5.96 Å². The van der Waals surface area contributed by atoms with Gasteiger partial charge in [0.1, 0.15) is 11.4 Å². The summed E-state index contributed by atoms with van der Waals surface area (Å²) in [5.74, 6) is 1.81. The average Bonchev–Trinajstić information content (AvgIpc) is 3.05. The monoisotopic (exact) mass is 459 g/mol. The summed E-state index contributed by atoms with van der Waals surface area (Å²) in [6, 6.07) is 8.44. The summed E-state index contributed by atoms with van der Waals surface area (Å²) in [5.41, 5.74) is 0.998. The fourth-order valence-electron chi connectivity index (χ4n) is 3.40. The number of guanidine groups is 1. The normalized spacial score (nSPS) is 24.7. The van der Waals surface area contributed by atoms with Gasteiger partial charge in [-0.25, -0.2) is 0 Å². The number of para-hydroxylation sites is 1. The van der Waals surface area contributed by atoms with Gasteiger partial charge in [0.25, 0.3) is 0 Å². The van der Waals surface area contributed by atoms with Crippen LogP contribution in [-0.2, 0) is 4.74 Å². The lowest BCUT2D eigenvalue weighted by Gasteiger charge is -2.38. The van der Waals surface area contributed by atoms with Gasteiger partial charge in [-0.1, -0.05) is 18.2 Å². The number of hydrogen-bond acceptors (Lipinski definition) is 3. The molecule has 0 amide bonds. The topological polar surface area (TPSA) is 54.9 Å². The zero-order valence-electron chi connectivity index (χ0n) is 15.4. The predicted octanol–water partition coefficient (Wildman–Crippen LogP) is 3.64. The van der Waals surface area contributed by atoms with Gasteiger partial charge in [-0.3, -0.25) is 4.99 Å². The number of nitrogens with zero attached hydrogens (tertiary/aromatic N) is 1. The lowest BCUT2D eigenvalue weighted by molar-refractivity contribution is 0.0693. The first-order valence-corrected chi connectivity index (χ1v) is 9.02. The number of halogens is 1. The third-order valence-electron chi connectivity index (χ3n) is 4.51. The van der Waals surface area contributed by atoms with Gasteiger partial charge in [0, 0.05) is 25.1 Å². The summed E-state index contributed by atoms with van der Waals surface area (Å²) in [6.07, 6.45) is 3.41. The molecule has 5 nitrogen and oxygen atoms in total. The molecule has 3 rings (SSSR count). The maximum Gasteiger partial charge on any atom is 0.191 e. The predicted molar refractivity (Wildman–Crippen MR) is 112 cm³/mol. The van der Waals surface area contributed by atoms with Crippen molar-refractivity contribution in [3.8, 4) is 5.75 Å². The molecule has 1 aromatic carbocycles. The van der Waals surface area contributed by atoms with Gasteiger partial charge in [-0.05, 0) is 39.7 Å². The molecule has 0 radical (unpaired) electrons. The zero-order chi connectivity index (χ0) is 17.0. The standard InChI is InChI=1S/C19H29N3O2.HI/c1-4-20-18(21-13-14-8-7-11-23-14)22-16-12-19(2,3)24-17-10-6-5-9-15(16)17;/h5-6,9-10,14,16H,4,7-8,11-13H2,1-3H3,(H2,20,21,22);1H. The quantitative estimate of drug-likeness (QED) is 0.410. The van der Waals surface area contributed by atoms with E-state index in [2.05, 4.69) is 43.5 Å². The Hall–Kier alpha value is -1.02. The minimum atomic E-state index is -0.197. The van der Waals surface area contributed by atoms with Crippen LogP contribution in [0.3, 0.4) is 0 Å². The van der Waals surface area contributed by atoms with Crippen molar-refractivity contribution in [2.75, 3.05) is 19.7 Å². The maximum atomic E-state index is 6.11. The Kier molecular flexibility index (Phi) is 7.37. The third kappa shape index (κ3) is 5.48. The van der Waals surface area contributed by atoms with Crippen LogP contribution >= 0.6 is 24.0 Å². The molecular weight excluding hydrogens is 429 g/mol. The molecule has 1 saturated heterocycles. The average molecular weight is 459 g/mol. The van der Waals surface area contributed by atoms with Gasteiger partial charge >= 0.3 is 0 Å². The Morgan fingerprint density at radius 1 is 1.32 bits per heavy atom. The molecular formula is C19H30IN3O2. The lowest BCUT2D eigenvalue weighted by Crippen LogP contribution is -2.45. The Labute approximate surface area is 168 Å².